The first-order valence-electron chi connectivity index (χ1n) is 6.39. The number of carbonyl (C=O) groups is 1. The highest BCUT2D eigenvalue weighted by molar-refractivity contribution is 5.82. The van der Waals surface area contributed by atoms with Crippen molar-refractivity contribution in [1.29, 1.82) is 0 Å². The van der Waals surface area contributed by atoms with Gasteiger partial charge in [0.25, 0.3) is 0 Å². The molecule has 1 heterocycles. The first kappa shape index (κ1) is 14.6. The van der Waals surface area contributed by atoms with E-state index in [-0.39, 0.29) is 17.9 Å². The molecule has 0 unspecified atom stereocenters. The van der Waals surface area contributed by atoms with Crippen molar-refractivity contribution in [3.05, 3.63) is 30.1 Å². The van der Waals surface area contributed by atoms with Gasteiger partial charge in [-0.25, -0.2) is 0 Å². The van der Waals surface area contributed by atoms with Gasteiger partial charge >= 0.3 is 0 Å². The molecule has 0 fully saturated rings. The molecule has 0 spiro atoms. The summed E-state index contributed by atoms with van der Waals surface area (Å²) < 4.78 is 0. The van der Waals surface area contributed by atoms with Crippen LogP contribution in [0.5, 0.6) is 0 Å². The quantitative estimate of drug-likeness (QED) is 0.865. The fourth-order valence-corrected chi connectivity index (χ4v) is 1.66. The summed E-state index contributed by atoms with van der Waals surface area (Å²) in [6, 6.07) is 5.38. The smallest absolute Gasteiger partial charge is 0.240 e. The molecule has 1 aromatic rings. The maximum absolute atomic E-state index is 12.3. The Hall–Kier alpha value is -1.42. The number of amides is 1. The molecule has 1 amide bonds. The van der Waals surface area contributed by atoms with Crippen LogP contribution < -0.4 is 5.73 Å². The largest absolute Gasteiger partial charge is 0.333 e. The lowest BCUT2D eigenvalue weighted by Crippen LogP contribution is -2.48. The third kappa shape index (κ3) is 3.81. The average Bonchev–Trinajstić information content (AvgIpc) is 2.35. The monoisotopic (exact) mass is 249 g/mol. The van der Waals surface area contributed by atoms with Crippen LogP contribution in [-0.2, 0) is 11.3 Å². The van der Waals surface area contributed by atoms with Gasteiger partial charge in [0.2, 0.25) is 5.91 Å². The van der Waals surface area contributed by atoms with Crippen LogP contribution in [0.15, 0.2) is 24.4 Å². The Balaban J connectivity index is 2.81. The summed E-state index contributed by atoms with van der Waals surface area (Å²) in [5, 5.41) is 0. The van der Waals surface area contributed by atoms with Crippen LogP contribution in [0.4, 0.5) is 0 Å². The first-order chi connectivity index (χ1) is 8.43. The van der Waals surface area contributed by atoms with E-state index in [2.05, 4.69) is 4.98 Å². The van der Waals surface area contributed by atoms with Crippen molar-refractivity contribution in [1.82, 2.24) is 9.88 Å². The molecule has 0 saturated carbocycles. The molecule has 1 atom stereocenters. The van der Waals surface area contributed by atoms with E-state index in [1.54, 1.807) is 11.1 Å². The molecule has 0 bridgehead atoms. The van der Waals surface area contributed by atoms with Gasteiger partial charge < -0.3 is 10.6 Å². The molecule has 0 aliphatic heterocycles. The number of hydrogen-bond donors (Lipinski definition) is 1. The Bertz CT molecular complexity index is 376. The van der Waals surface area contributed by atoms with E-state index < -0.39 is 6.04 Å². The van der Waals surface area contributed by atoms with Crippen LogP contribution in [0.3, 0.4) is 0 Å². The van der Waals surface area contributed by atoms with Crippen molar-refractivity contribution < 1.29 is 4.79 Å². The SMILES string of the molecule is CC(C)[C@H](N)C(=O)N(Cc1ccccn1)C(C)C. The van der Waals surface area contributed by atoms with E-state index >= 15 is 0 Å². The summed E-state index contributed by atoms with van der Waals surface area (Å²) in [7, 11) is 0. The Labute approximate surface area is 109 Å². The number of carbonyl (C=O) groups excluding carboxylic acids is 1. The Kier molecular flexibility index (Phi) is 5.28. The molecule has 0 aliphatic carbocycles. The predicted octanol–water partition coefficient (Wildman–Crippen LogP) is 1.80. The minimum absolute atomic E-state index is 0.00865. The normalized spacial score (nSPS) is 12.8. The second-order valence-electron chi connectivity index (χ2n) is 5.15. The molecule has 0 radical (unpaired) electrons. The average molecular weight is 249 g/mol. The minimum atomic E-state index is -0.448. The lowest BCUT2D eigenvalue weighted by atomic mass is 10.0. The molecule has 1 aromatic heterocycles. The third-order valence-electron chi connectivity index (χ3n) is 2.97. The summed E-state index contributed by atoms with van der Waals surface area (Å²) in [6.45, 7) is 8.42. The molecule has 100 valence electrons. The molecule has 0 aromatic carbocycles. The van der Waals surface area contributed by atoms with Crippen LogP contribution in [-0.4, -0.2) is 27.9 Å². The van der Waals surface area contributed by atoms with Crippen LogP contribution in [0.25, 0.3) is 0 Å². The van der Waals surface area contributed by atoms with Gasteiger partial charge in [-0.2, -0.15) is 0 Å². The van der Waals surface area contributed by atoms with Crippen molar-refractivity contribution in [3.8, 4) is 0 Å². The Morgan fingerprint density at radius 2 is 2.00 bits per heavy atom. The van der Waals surface area contributed by atoms with Crippen molar-refractivity contribution in [2.45, 2.75) is 46.3 Å². The maximum atomic E-state index is 12.3. The second kappa shape index (κ2) is 6.50. The summed E-state index contributed by atoms with van der Waals surface area (Å²) in [5.74, 6) is 0.133. The standard InChI is InChI=1S/C14H23N3O/c1-10(2)13(15)14(18)17(11(3)4)9-12-7-5-6-8-16-12/h5-8,10-11,13H,9,15H2,1-4H3/t13-/m0/s1. The molecule has 1 rings (SSSR count). The van der Waals surface area contributed by atoms with Gasteiger partial charge in [-0.05, 0) is 31.9 Å². The molecular weight excluding hydrogens is 226 g/mol. The van der Waals surface area contributed by atoms with Gasteiger partial charge in [0.1, 0.15) is 0 Å². The third-order valence-corrected chi connectivity index (χ3v) is 2.97. The van der Waals surface area contributed by atoms with E-state index in [4.69, 9.17) is 5.73 Å². The molecule has 0 aliphatic rings. The van der Waals surface area contributed by atoms with Crippen molar-refractivity contribution in [2.75, 3.05) is 0 Å². The van der Waals surface area contributed by atoms with Crippen molar-refractivity contribution in [3.63, 3.8) is 0 Å². The number of nitrogens with two attached hydrogens (primary N) is 1. The fraction of sp³-hybridized carbons (Fsp3) is 0.571. The number of pyridine rings is 1. The van der Waals surface area contributed by atoms with Gasteiger partial charge in [-0.1, -0.05) is 19.9 Å². The fourth-order valence-electron chi connectivity index (χ4n) is 1.66. The molecule has 18 heavy (non-hydrogen) atoms. The second-order valence-corrected chi connectivity index (χ2v) is 5.15. The van der Waals surface area contributed by atoms with E-state index in [1.165, 1.54) is 0 Å². The minimum Gasteiger partial charge on any atom is -0.333 e. The highest BCUT2D eigenvalue weighted by Gasteiger charge is 2.25. The van der Waals surface area contributed by atoms with Gasteiger partial charge in [0, 0.05) is 12.2 Å². The van der Waals surface area contributed by atoms with Crippen LogP contribution >= 0.6 is 0 Å². The van der Waals surface area contributed by atoms with Crippen LogP contribution in [0.2, 0.25) is 0 Å². The lowest BCUT2D eigenvalue weighted by molar-refractivity contribution is -0.136. The molecule has 2 N–H and O–H groups in total. The van der Waals surface area contributed by atoms with Gasteiger partial charge in [-0.15, -0.1) is 0 Å². The molecule has 0 saturated heterocycles. The summed E-state index contributed by atoms with van der Waals surface area (Å²) >= 11 is 0. The first-order valence-corrected chi connectivity index (χ1v) is 6.39. The van der Waals surface area contributed by atoms with Crippen LogP contribution in [0, 0.1) is 5.92 Å². The van der Waals surface area contributed by atoms with Gasteiger partial charge in [0.15, 0.2) is 0 Å². The van der Waals surface area contributed by atoms with Crippen LogP contribution in [0.1, 0.15) is 33.4 Å². The molecular formula is C14H23N3O. The zero-order valence-corrected chi connectivity index (χ0v) is 11.6. The maximum Gasteiger partial charge on any atom is 0.240 e. The lowest BCUT2D eigenvalue weighted by Gasteiger charge is -2.30. The van der Waals surface area contributed by atoms with Crippen molar-refractivity contribution >= 4 is 5.91 Å². The molecule has 4 heteroatoms. The van der Waals surface area contributed by atoms with E-state index in [1.807, 2.05) is 45.9 Å². The van der Waals surface area contributed by atoms with E-state index in [9.17, 15) is 4.79 Å². The van der Waals surface area contributed by atoms with Crippen molar-refractivity contribution in [2.24, 2.45) is 11.7 Å². The zero-order valence-electron chi connectivity index (χ0n) is 11.6. The number of nitrogens with zero attached hydrogens (tertiary/aromatic N) is 2. The topological polar surface area (TPSA) is 59.2 Å². The zero-order chi connectivity index (χ0) is 13.7. The summed E-state index contributed by atoms with van der Waals surface area (Å²) in [4.78, 5) is 18.3. The van der Waals surface area contributed by atoms with E-state index in [0.29, 0.717) is 6.54 Å². The number of hydrogen-bond acceptors (Lipinski definition) is 3. The van der Waals surface area contributed by atoms with E-state index in [0.717, 1.165) is 5.69 Å². The predicted molar refractivity (Wildman–Crippen MR) is 72.7 cm³/mol. The number of rotatable bonds is 5. The van der Waals surface area contributed by atoms with Gasteiger partial charge in [-0.3, -0.25) is 9.78 Å². The number of aromatic nitrogens is 1. The highest BCUT2D eigenvalue weighted by atomic mass is 16.2. The Morgan fingerprint density at radius 1 is 1.33 bits per heavy atom. The highest BCUT2D eigenvalue weighted by Crippen LogP contribution is 2.11. The van der Waals surface area contributed by atoms with Gasteiger partial charge in [0.05, 0.1) is 18.3 Å². The summed E-state index contributed by atoms with van der Waals surface area (Å²) in [6.07, 6.45) is 1.74. The summed E-state index contributed by atoms with van der Waals surface area (Å²) in [5.41, 5.74) is 6.83. The molecule has 4 nitrogen and oxygen atoms in total. The Morgan fingerprint density at radius 3 is 2.44 bits per heavy atom.